The summed E-state index contributed by atoms with van der Waals surface area (Å²) >= 11 is 1.61. The molecule has 0 aromatic carbocycles. The van der Waals surface area contributed by atoms with Gasteiger partial charge in [-0.25, -0.2) is 4.98 Å². The lowest BCUT2D eigenvalue weighted by Gasteiger charge is -2.18. The summed E-state index contributed by atoms with van der Waals surface area (Å²) < 4.78 is 0. The Morgan fingerprint density at radius 3 is 2.65 bits per heavy atom. The van der Waals surface area contributed by atoms with E-state index in [4.69, 9.17) is 5.11 Å². The van der Waals surface area contributed by atoms with E-state index >= 15 is 0 Å². The number of carboxylic acids is 1. The zero-order valence-electron chi connectivity index (χ0n) is 10.4. The minimum atomic E-state index is -0.757. The van der Waals surface area contributed by atoms with Gasteiger partial charge in [0.15, 0.2) is 0 Å². The normalized spacial score (nSPS) is 19.2. The summed E-state index contributed by atoms with van der Waals surface area (Å²) in [5.74, 6) is -0.612. The number of carboxylic acid groups (broad SMARTS) is 1. The average Bonchev–Trinajstić information content (AvgIpc) is 2.71. The molecule has 1 aromatic heterocycles. The second-order valence-corrected chi connectivity index (χ2v) is 5.96. The van der Waals surface area contributed by atoms with Crippen LogP contribution in [0.1, 0.15) is 66.4 Å². The highest BCUT2D eigenvalue weighted by Gasteiger charge is 2.24. The third kappa shape index (κ3) is 2.68. The van der Waals surface area contributed by atoms with Crippen LogP contribution in [-0.2, 0) is 4.79 Å². The zero-order valence-corrected chi connectivity index (χ0v) is 11.2. The third-order valence-electron chi connectivity index (χ3n) is 3.57. The summed E-state index contributed by atoms with van der Waals surface area (Å²) in [5, 5.41) is 10.2. The topological polar surface area (TPSA) is 50.2 Å². The molecule has 1 aliphatic carbocycles. The summed E-state index contributed by atoms with van der Waals surface area (Å²) in [7, 11) is 0. The largest absolute Gasteiger partial charge is 0.481 e. The highest BCUT2D eigenvalue weighted by molar-refractivity contribution is 7.12. The van der Waals surface area contributed by atoms with Crippen LogP contribution in [0.5, 0.6) is 0 Å². The summed E-state index contributed by atoms with van der Waals surface area (Å²) in [4.78, 5) is 16.5. The van der Waals surface area contributed by atoms with Crippen molar-refractivity contribution in [2.45, 2.75) is 57.8 Å². The number of thiazole rings is 1. The molecule has 0 amide bonds. The van der Waals surface area contributed by atoms with Crippen molar-refractivity contribution in [2.75, 3.05) is 0 Å². The Morgan fingerprint density at radius 1 is 1.41 bits per heavy atom. The van der Waals surface area contributed by atoms with E-state index in [1.807, 2.05) is 6.92 Å². The first kappa shape index (κ1) is 12.6. The smallest absolute Gasteiger partial charge is 0.311 e. The van der Waals surface area contributed by atoms with Crippen molar-refractivity contribution in [1.82, 2.24) is 4.98 Å². The summed E-state index contributed by atoms with van der Waals surface area (Å²) in [6.07, 6.45) is 6.33. The maximum atomic E-state index is 11.0. The van der Waals surface area contributed by atoms with Gasteiger partial charge in [0.25, 0.3) is 0 Å². The minimum absolute atomic E-state index is 0.426. The number of rotatable bonds is 3. The Bertz CT molecular complexity index is 408. The van der Waals surface area contributed by atoms with Crippen LogP contribution < -0.4 is 0 Å². The van der Waals surface area contributed by atoms with Gasteiger partial charge in [0.05, 0.1) is 16.6 Å². The van der Waals surface area contributed by atoms with Gasteiger partial charge in [-0.1, -0.05) is 19.3 Å². The van der Waals surface area contributed by atoms with E-state index in [1.54, 1.807) is 18.3 Å². The third-order valence-corrected chi connectivity index (χ3v) is 5.07. The maximum absolute atomic E-state index is 11.0. The molecule has 1 fully saturated rings. The molecule has 0 radical (unpaired) electrons. The quantitative estimate of drug-likeness (QED) is 0.893. The SMILES string of the molecule is Cc1nc(C2CCCCC2)sc1C(C)C(=O)O. The van der Waals surface area contributed by atoms with Crippen molar-refractivity contribution in [3.05, 3.63) is 15.6 Å². The fourth-order valence-corrected chi connectivity index (χ4v) is 3.75. The van der Waals surface area contributed by atoms with E-state index in [2.05, 4.69) is 4.98 Å². The van der Waals surface area contributed by atoms with Crippen LogP contribution in [0.2, 0.25) is 0 Å². The average molecular weight is 253 g/mol. The molecule has 94 valence electrons. The molecule has 1 aromatic rings. The fourth-order valence-electron chi connectivity index (χ4n) is 2.47. The molecule has 1 N–H and O–H groups in total. The molecule has 0 bridgehead atoms. The van der Waals surface area contributed by atoms with Gasteiger partial charge in [-0.15, -0.1) is 11.3 Å². The monoisotopic (exact) mass is 253 g/mol. The lowest BCUT2D eigenvalue weighted by molar-refractivity contribution is -0.138. The highest BCUT2D eigenvalue weighted by atomic mass is 32.1. The van der Waals surface area contributed by atoms with E-state index in [1.165, 1.54) is 32.1 Å². The van der Waals surface area contributed by atoms with Crippen LogP contribution in [0.3, 0.4) is 0 Å². The number of aromatic nitrogens is 1. The first-order valence-corrected chi connectivity index (χ1v) is 7.11. The van der Waals surface area contributed by atoms with Crippen molar-refractivity contribution in [3.8, 4) is 0 Å². The zero-order chi connectivity index (χ0) is 12.4. The summed E-state index contributed by atoms with van der Waals surface area (Å²) in [5.41, 5.74) is 0.908. The molecule has 4 heteroatoms. The van der Waals surface area contributed by atoms with Crippen molar-refractivity contribution in [2.24, 2.45) is 0 Å². The molecule has 17 heavy (non-hydrogen) atoms. The van der Waals surface area contributed by atoms with Crippen LogP contribution in [0, 0.1) is 6.92 Å². The maximum Gasteiger partial charge on any atom is 0.311 e. The Hall–Kier alpha value is -0.900. The second kappa shape index (κ2) is 5.17. The molecule has 1 atom stereocenters. The van der Waals surface area contributed by atoms with Gasteiger partial charge in [0.2, 0.25) is 0 Å². The van der Waals surface area contributed by atoms with Crippen LogP contribution in [0.4, 0.5) is 0 Å². The standard InChI is InChI=1S/C13H19NO2S/c1-8(13(15)16)11-9(2)14-12(17-11)10-6-4-3-5-7-10/h8,10H,3-7H2,1-2H3,(H,15,16). The number of hydrogen-bond donors (Lipinski definition) is 1. The van der Waals surface area contributed by atoms with E-state index in [0.29, 0.717) is 5.92 Å². The molecule has 0 aliphatic heterocycles. The highest BCUT2D eigenvalue weighted by Crippen LogP contribution is 2.37. The first-order chi connectivity index (χ1) is 8.09. The van der Waals surface area contributed by atoms with Gasteiger partial charge in [0, 0.05) is 10.8 Å². The van der Waals surface area contributed by atoms with E-state index < -0.39 is 11.9 Å². The fraction of sp³-hybridized carbons (Fsp3) is 0.692. The lowest BCUT2D eigenvalue weighted by Crippen LogP contribution is -2.06. The van der Waals surface area contributed by atoms with Gasteiger partial charge in [0.1, 0.15) is 0 Å². The van der Waals surface area contributed by atoms with Crippen LogP contribution in [0.15, 0.2) is 0 Å². The van der Waals surface area contributed by atoms with Crippen molar-refractivity contribution >= 4 is 17.3 Å². The molecule has 0 saturated heterocycles. The number of hydrogen-bond acceptors (Lipinski definition) is 3. The predicted molar refractivity (Wildman–Crippen MR) is 68.7 cm³/mol. The molecule has 0 spiro atoms. The molecule has 1 saturated carbocycles. The Labute approximate surface area is 106 Å². The Kier molecular flexibility index (Phi) is 3.82. The molecule has 2 rings (SSSR count). The minimum Gasteiger partial charge on any atom is -0.481 e. The van der Waals surface area contributed by atoms with E-state index in [0.717, 1.165) is 15.6 Å². The van der Waals surface area contributed by atoms with Crippen LogP contribution in [-0.4, -0.2) is 16.1 Å². The Morgan fingerprint density at radius 2 is 2.06 bits per heavy atom. The molecule has 3 nitrogen and oxygen atoms in total. The molecule has 1 aliphatic rings. The molecule has 1 heterocycles. The number of nitrogens with zero attached hydrogens (tertiary/aromatic N) is 1. The number of aliphatic carboxylic acids is 1. The number of aryl methyl sites for hydroxylation is 1. The van der Waals surface area contributed by atoms with Gasteiger partial charge in [-0.3, -0.25) is 4.79 Å². The molecular formula is C13H19NO2S. The van der Waals surface area contributed by atoms with Gasteiger partial charge < -0.3 is 5.11 Å². The van der Waals surface area contributed by atoms with Crippen LogP contribution in [0.25, 0.3) is 0 Å². The first-order valence-electron chi connectivity index (χ1n) is 6.29. The van der Waals surface area contributed by atoms with Crippen molar-refractivity contribution in [3.63, 3.8) is 0 Å². The van der Waals surface area contributed by atoms with E-state index in [9.17, 15) is 4.79 Å². The molecule has 1 unspecified atom stereocenters. The number of carbonyl (C=O) groups is 1. The second-order valence-electron chi connectivity index (χ2n) is 4.90. The summed E-state index contributed by atoms with van der Waals surface area (Å²) in [6.45, 7) is 3.67. The van der Waals surface area contributed by atoms with Gasteiger partial charge in [-0.05, 0) is 26.7 Å². The van der Waals surface area contributed by atoms with Crippen molar-refractivity contribution in [1.29, 1.82) is 0 Å². The van der Waals surface area contributed by atoms with Crippen LogP contribution >= 0.6 is 11.3 Å². The van der Waals surface area contributed by atoms with Crippen molar-refractivity contribution < 1.29 is 9.90 Å². The summed E-state index contributed by atoms with van der Waals surface area (Å²) in [6, 6.07) is 0. The van der Waals surface area contributed by atoms with E-state index in [-0.39, 0.29) is 0 Å². The van der Waals surface area contributed by atoms with Gasteiger partial charge >= 0.3 is 5.97 Å². The Balaban J connectivity index is 2.20. The van der Waals surface area contributed by atoms with Gasteiger partial charge in [-0.2, -0.15) is 0 Å². The predicted octanol–water partition coefficient (Wildman–Crippen LogP) is 3.69. The molecular weight excluding hydrogens is 234 g/mol. The lowest BCUT2D eigenvalue weighted by atomic mass is 9.90.